The van der Waals surface area contributed by atoms with Crippen LogP contribution >= 0.6 is 0 Å². The van der Waals surface area contributed by atoms with Gasteiger partial charge >= 0.3 is 0 Å². The van der Waals surface area contributed by atoms with Crippen LogP contribution in [0.4, 0.5) is 0 Å². The number of rotatable bonds is 6. The Hall–Kier alpha value is -2.89. The van der Waals surface area contributed by atoms with Gasteiger partial charge in [-0.2, -0.15) is 9.40 Å². The van der Waals surface area contributed by atoms with Crippen molar-refractivity contribution in [1.29, 1.82) is 0 Å². The fraction of sp³-hybridized carbons (Fsp3) is 0.400. The minimum absolute atomic E-state index is 0.157. The maximum Gasteiger partial charge on any atom is 0.266 e. The van der Waals surface area contributed by atoms with Crippen molar-refractivity contribution in [3.05, 3.63) is 58.5 Å². The predicted octanol–water partition coefficient (Wildman–Crippen LogP) is 0.917. The predicted molar refractivity (Wildman–Crippen MR) is 113 cm³/mol. The Labute approximate surface area is 180 Å². The van der Waals surface area contributed by atoms with Gasteiger partial charge in [0.1, 0.15) is 10.6 Å². The summed E-state index contributed by atoms with van der Waals surface area (Å²) < 4.78 is 33.8. The van der Waals surface area contributed by atoms with Crippen LogP contribution in [0.5, 0.6) is 0 Å². The molecule has 10 nitrogen and oxygen atoms in total. The lowest BCUT2D eigenvalue weighted by molar-refractivity contribution is 0.180. The fourth-order valence-corrected chi connectivity index (χ4v) is 5.40. The second-order valence-electron chi connectivity index (χ2n) is 7.41. The molecule has 164 valence electrons. The molecule has 3 aromatic heterocycles. The summed E-state index contributed by atoms with van der Waals surface area (Å²) in [4.78, 5) is 18.5. The molecule has 0 atom stereocenters. The number of hydrogen-bond acceptors (Lipinski definition) is 8. The number of pyridine rings is 1. The van der Waals surface area contributed by atoms with E-state index in [-0.39, 0.29) is 10.5 Å². The van der Waals surface area contributed by atoms with Gasteiger partial charge in [0.05, 0.1) is 12.2 Å². The minimum Gasteiger partial charge on any atom is -0.360 e. The molecule has 0 amide bonds. The zero-order valence-corrected chi connectivity index (χ0v) is 18.2. The van der Waals surface area contributed by atoms with Gasteiger partial charge in [-0.15, -0.1) is 0 Å². The van der Waals surface area contributed by atoms with Crippen LogP contribution < -0.4 is 5.56 Å². The largest absolute Gasteiger partial charge is 0.360 e. The van der Waals surface area contributed by atoms with Gasteiger partial charge in [-0.1, -0.05) is 5.16 Å². The normalized spacial score (nSPS) is 15.9. The highest BCUT2D eigenvalue weighted by molar-refractivity contribution is 7.89. The van der Waals surface area contributed by atoms with Gasteiger partial charge < -0.3 is 4.52 Å². The van der Waals surface area contributed by atoms with Gasteiger partial charge in [0, 0.05) is 56.7 Å². The van der Waals surface area contributed by atoms with Crippen molar-refractivity contribution < 1.29 is 12.9 Å². The second-order valence-corrected chi connectivity index (χ2v) is 9.29. The third-order valence-corrected chi connectivity index (χ3v) is 7.51. The molecule has 0 radical (unpaired) electrons. The number of hydrogen-bond donors (Lipinski definition) is 0. The Balaban J connectivity index is 1.39. The van der Waals surface area contributed by atoms with Crippen LogP contribution in [0.25, 0.3) is 11.3 Å². The lowest BCUT2D eigenvalue weighted by Crippen LogP contribution is -2.49. The molecular weight excluding hydrogens is 420 g/mol. The van der Waals surface area contributed by atoms with E-state index < -0.39 is 10.0 Å². The molecule has 11 heteroatoms. The van der Waals surface area contributed by atoms with E-state index in [9.17, 15) is 13.2 Å². The van der Waals surface area contributed by atoms with Gasteiger partial charge in [0.15, 0.2) is 5.76 Å². The van der Waals surface area contributed by atoms with E-state index in [0.29, 0.717) is 56.4 Å². The van der Waals surface area contributed by atoms with Crippen LogP contribution in [-0.4, -0.2) is 70.3 Å². The summed E-state index contributed by atoms with van der Waals surface area (Å²) in [7, 11) is -3.64. The maximum absolute atomic E-state index is 12.9. The third kappa shape index (κ3) is 4.43. The molecule has 0 unspecified atom stereocenters. The number of sulfonamides is 1. The first-order valence-electron chi connectivity index (χ1n) is 10.0. The van der Waals surface area contributed by atoms with Crippen LogP contribution in [0, 0.1) is 13.8 Å². The smallest absolute Gasteiger partial charge is 0.266 e. The van der Waals surface area contributed by atoms with Crippen molar-refractivity contribution in [3.63, 3.8) is 0 Å². The lowest BCUT2D eigenvalue weighted by atomic mass is 10.2. The number of aromatic nitrogens is 4. The average molecular weight is 445 g/mol. The van der Waals surface area contributed by atoms with Crippen molar-refractivity contribution in [2.45, 2.75) is 25.3 Å². The highest BCUT2D eigenvalue weighted by atomic mass is 32.2. The van der Waals surface area contributed by atoms with Gasteiger partial charge in [-0.25, -0.2) is 13.1 Å². The van der Waals surface area contributed by atoms with Crippen molar-refractivity contribution in [2.24, 2.45) is 0 Å². The van der Waals surface area contributed by atoms with Gasteiger partial charge in [-0.05, 0) is 32.0 Å². The van der Waals surface area contributed by atoms with Crippen molar-refractivity contribution in [3.8, 4) is 11.3 Å². The molecule has 1 aliphatic rings. The zero-order valence-electron chi connectivity index (χ0n) is 17.4. The molecule has 1 fully saturated rings. The van der Waals surface area contributed by atoms with E-state index in [0.717, 1.165) is 5.56 Å². The molecule has 31 heavy (non-hydrogen) atoms. The fourth-order valence-electron chi connectivity index (χ4n) is 3.69. The quantitative estimate of drug-likeness (QED) is 0.551. The summed E-state index contributed by atoms with van der Waals surface area (Å²) in [6.07, 6.45) is 3.37. The van der Waals surface area contributed by atoms with Crippen molar-refractivity contribution in [2.75, 3.05) is 32.7 Å². The summed E-state index contributed by atoms with van der Waals surface area (Å²) >= 11 is 0. The Morgan fingerprint density at radius 1 is 1.00 bits per heavy atom. The Kier molecular flexibility index (Phi) is 5.99. The van der Waals surface area contributed by atoms with Crippen molar-refractivity contribution >= 4 is 10.0 Å². The first-order valence-corrected chi connectivity index (χ1v) is 11.4. The molecule has 0 saturated carbocycles. The molecule has 0 aliphatic carbocycles. The summed E-state index contributed by atoms with van der Waals surface area (Å²) in [6, 6.07) is 6.90. The maximum atomic E-state index is 12.9. The molecule has 4 heterocycles. The van der Waals surface area contributed by atoms with Gasteiger partial charge in [0.2, 0.25) is 10.0 Å². The third-order valence-electron chi connectivity index (χ3n) is 5.37. The molecule has 1 saturated heterocycles. The SMILES string of the molecule is Cc1noc(C)c1S(=O)(=O)N1CCN(CCn2nc(-c3ccncc3)ccc2=O)CC1. The topological polar surface area (TPSA) is 114 Å². The minimum atomic E-state index is -3.64. The first-order chi connectivity index (χ1) is 14.9. The van der Waals surface area contributed by atoms with E-state index in [2.05, 4.69) is 20.1 Å². The van der Waals surface area contributed by atoms with Gasteiger partial charge in [-0.3, -0.25) is 14.7 Å². The van der Waals surface area contributed by atoms with E-state index in [1.54, 1.807) is 32.3 Å². The lowest BCUT2D eigenvalue weighted by Gasteiger charge is -2.33. The molecule has 0 N–H and O–H groups in total. The second kappa shape index (κ2) is 8.69. The first kappa shape index (κ1) is 21.3. The van der Waals surface area contributed by atoms with E-state index in [4.69, 9.17) is 4.52 Å². The van der Waals surface area contributed by atoms with E-state index in [1.807, 2.05) is 12.1 Å². The summed E-state index contributed by atoms with van der Waals surface area (Å²) in [5.41, 5.74) is 1.80. The van der Waals surface area contributed by atoms with Crippen molar-refractivity contribution in [1.82, 2.24) is 29.1 Å². The van der Waals surface area contributed by atoms with E-state index >= 15 is 0 Å². The summed E-state index contributed by atoms with van der Waals surface area (Å²) in [5.74, 6) is 0.305. The molecule has 1 aliphatic heterocycles. The summed E-state index contributed by atoms with van der Waals surface area (Å²) in [6.45, 7) is 6.14. The van der Waals surface area contributed by atoms with E-state index in [1.165, 1.54) is 15.1 Å². The molecule has 0 aromatic carbocycles. The zero-order chi connectivity index (χ0) is 22.0. The monoisotopic (exact) mass is 444 g/mol. The van der Waals surface area contributed by atoms with Crippen LogP contribution in [0.3, 0.4) is 0 Å². The van der Waals surface area contributed by atoms with Crippen LogP contribution in [0.2, 0.25) is 0 Å². The highest BCUT2D eigenvalue weighted by Gasteiger charge is 2.33. The Morgan fingerprint density at radius 2 is 1.71 bits per heavy atom. The van der Waals surface area contributed by atoms with Gasteiger partial charge in [0.25, 0.3) is 5.56 Å². The van der Waals surface area contributed by atoms with Crippen LogP contribution in [0.15, 0.2) is 50.9 Å². The molecule has 0 bridgehead atoms. The van der Waals surface area contributed by atoms with Crippen LogP contribution in [-0.2, 0) is 16.6 Å². The standard InChI is InChI=1S/C20H24N6O4S/c1-15-20(16(2)30-23-15)31(28,29)25-12-9-24(10-13-25)11-14-26-19(27)4-3-18(22-26)17-5-7-21-8-6-17/h3-8H,9-14H2,1-2H3. The molecule has 4 rings (SSSR count). The average Bonchev–Trinajstić information content (AvgIpc) is 3.13. The number of nitrogens with zero attached hydrogens (tertiary/aromatic N) is 6. The Bertz CT molecular complexity index is 1190. The molecule has 0 spiro atoms. The molecule has 3 aromatic rings. The Morgan fingerprint density at radius 3 is 2.35 bits per heavy atom. The number of aryl methyl sites for hydroxylation is 2. The van der Waals surface area contributed by atoms with Crippen LogP contribution in [0.1, 0.15) is 11.5 Å². The molecular formula is C20H24N6O4S. The highest BCUT2D eigenvalue weighted by Crippen LogP contribution is 2.24. The summed E-state index contributed by atoms with van der Waals surface area (Å²) in [5, 5.41) is 8.22. The number of piperazine rings is 1.